The molecule has 2 aliphatic rings. The van der Waals surface area contributed by atoms with Gasteiger partial charge >= 0.3 is 0 Å². The molecule has 0 spiro atoms. The third-order valence-electron chi connectivity index (χ3n) is 5.62. The van der Waals surface area contributed by atoms with E-state index in [9.17, 15) is 9.59 Å². The summed E-state index contributed by atoms with van der Waals surface area (Å²) in [5.74, 6) is 1.27. The number of nitrogens with one attached hydrogen (secondary N) is 2. The van der Waals surface area contributed by atoms with E-state index in [1.54, 1.807) is 13.8 Å². The number of amides is 2. The number of ether oxygens (including phenoxy) is 1. The second-order valence-electron chi connectivity index (χ2n) is 8.09. The molecule has 2 amide bonds. The lowest BCUT2D eigenvalue weighted by Gasteiger charge is -2.33. The fourth-order valence-corrected chi connectivity index (χ4v) is 3.88. The number of carbonyl (C=O) groups excluding carboxylic acids is 2. The molecule has 0 unspecified atom stereocenters. The quantitative estimate of drug-likeness (QED) is 0.799. The zero-order chi connectivity index (χ0) is 18.7. The molecule has 1 fully saturated rings. The highest BCUT2D eigenvalue weighted by molar-refractivity contribution is 6.06. The summed E-state index contributed by atoms with van der Waals surface area (Å²) in [6.45, 7) is 5.68. The van der Waals surface area contributed by atoms with E-state index in [2.05, 4.69) is 17.6 Å². The molecule has 0 bridgehead atoms. The van der Waals surface area contributed by atoms with Crippen molar-refractivity contribution >= 4 is 23.2 Å². The molecule has 0 aromatic heterocycles. The molecule has 1 saturated carbocycles. The van der Waals surface area contributed by atoms with Crippen LogP contribution in [0.5, 0.6) is 5.75 Å². The number of unbranched alkanes of at least 4 members (excludes halogenated alkanes) is 1. The van der Waals surface area contributed by atoms with Crippen LogP contribution in [0, 0.1) is 11.8 Å². The number of fused-ring (bicyclic) bond motifs is 1. The average Bonchev–Trinajstić information content (AvgIpc) is 2.61. The van der Waals surface area contributed by atoms with Gasteiger partial charge in [0.25, 0.3) is 5.91 Å². The molecule has 1 aromatic rings. The summed E-state index contributed by atoms with van der Waals surface area (Å²) < 4.78 is 5.79. The third kappa shape index (κ3) is 4.02. The van der Waals surface area contributed by atoms with Gasteiger partial charge in [-0.25, -0.2) is 0 Å². The van der Waals surface area contributed by atoms with Crippen molar-refractivity contribution in [3.05, 3.63) is 18.2 Å². The van der Waals surface area contributed by atoms with Crippen molar-refractivity contribution in [2.24, 2.45) is 11.8 Å². The molecule has 3 rings (SSSR count). The van der Waals surface area contributed by atoms with E-state index >= 15 is 0 Å². The molecule has 142 valence electrons. The Hall–Kier alpha value is -2.04. The van der Waals surface area contributed by atoms with Crippen LogP contribution >= 0.6 is 0 Å². The van der Waals surface area contributed by atoms with E-state index in [0.717, 1.165) is 31.6 Å². The van der Waals surface area contributed by atoms with Crippen LogP contribution in [0.2, 0.25) is 0 Å². The number of hydrogen-bond acceptors (Lipinski definition) is 3. The number of benzene rings is 1. The van der Waals surface area contributed by atoms with Gasteiger partial charge in [0.1, 0.15) is 11.4 Å². The van der Waals surface area contributed by atoms with Gasteiger partial charge in [0.15, 0.2) is 5.60 Å². The van der Waals surface area contributed by atoms with Crippen LogP contribution < -0.4 is 15.4 Å². The van der Waals surface area contributed by atoms with Crippen LogP contribution in [0.1, 0.15) is 65.7 Å². The standard InChI is InChI=1S/C21H30N2O3/c1-4-5-7-14-10-12-15(13-11-14)19(24)22-16-8-6-9-17-18(16)23-20(25)21(2,3)26-17/h6,8-9,14-15H,4-5,7,10-13H2,1-3H3,(H,22,24)(H,23,25). The van der Waals surface area contributed by atoms with E-state index in [4.69, 9.17) is 4.74 Å². The van der Waals surface area contributed by atoms with Gasteiger partial charge < -0.3 is 15.4 Å². The number of carbonyl (C=O) groups is 2. The maximum absolute atomic E-state index is 12.7. The highest BCUT2D eigenvalue weighted by Gasteiger charge is 2.36. The van der Waals surface area contributed by atoms with E-state index in [0.29, 0.717) is 17.1 Å². The van der Waals surface area contributed by atoms with Gasteiger partial charge in [-0.1, -0.05) is 32.3 Å². The number of hydrogen-bond donors (Lipinski definition) is 2. The SMILES string of the molecule is CCCCC1CCC(C(=O)Nc2cccc3c2NC(=O)C(C)(C)O3)CC1. The Kier molecular flexibility index (Phi) is 5.54. The van der Waals surface area contributed by atoms with E-state index in [1.807, 2.05) is 18.2 Å². The van der Waals surface area contributed by atoms with Gasteiger partial charge in [-0.3, -0.25) is 9.59 Å². The molecule has 1 heterocycles. The predicted molar refractivity (Wildman–Crippen MR) is 103 cm³/mol. The average molecular weight is 358 g/mol. The first-order chi connectivity index (χ1) is 12.4. The number of para-hydroxylation sites is 1. The van der Waals surface area contributed by atoms with Crippen LogP contribution in [-0.4, -0.2) is 17.4 Å². The van der Waals surface area contributed by atoms with Crippen molar-refractivity contribution < 1.29 is 14.3 Å². The zero-order valence-corrected chi connectivity index (χ0v) is 16.1. The zero-order valence-electron chi connectivity index (χ0n) is 16.1. The fourth-order valence-electron chi connectivity index (χ4n) is 3.88. The molecule has 0 radical (unpaired) electrons. The van der Waals surface area contributed by atoms with Crippen LogP contribution in [0.3, 0.4) is 0 Å². The molecule has 1 aromatic carbocycles. The third-order valence-corrected chi connectivity index (χ3v) is 5.62. The largest absolute Gasteiger partial charge is 0.476 e. The van der Waals surface area contributed by atoms with Crippen molar-refractivity contribution in [1.29, 1.82) is 0 Å². The molecule has 1 aliphatic heterocycles. The second kappa shape index (κ2) is 7.68. The molecule has 5 nitrogen and oxygen atoms in total. The van der Waals surface area contributed by atoms with Gasteiger partial charge in [0, 0.05) is 5.92 Å². The molecule has 0 atom stereocenters. The summed E-state index contributed by atoms with van der Waals surface area (Å²) in [6, 6.07) is 5.46. The summed E-state index contributed by atoms with van der Waals surface area (Å²) in [4.78, 5) is 24.9. The van der Waals surface area contributed by atoms with Crippen molar-refractivity contribution in [3.8, 4) is 5.75 Å². The van der Waals surface area contributed by atoms with E-state index in [1.165, 1.54) is 19.3 Å². The minimum atomic E-state index is -0.910. The van der Waals surface area contributed by atoms with Crippen LogP contribution in [-0.2, 0) is 9.59 Å². The first-order valence-electron chi connectivity index (χ1n) is 9.85. The minimum absolute atomic E-state index is 0.0476. The van der Waals surface area contributed by atoms with E-state index < -0.39 is 5.60 Å². The molecule has 1 aliphatic carbocycles. The van der Waals surface area contributed by atoms with Crippen LogP contribution in [0.4, 0.5) is 11.4 Å². The molecule has 5 heteroatoms. The lowest BCUT2D eigenvalue weighted by Crippen LogP contribution is -2.46. The Morgan fingerprint density at radius 3 is 2.69 bits per heavy atom. The maximum Gasteiger partial charge on any atom is 0.268 e. The van der Waals surface area contributed by atoms with Gasteiger partial charge in [-0.05, 0) is 57.6 Å². The highest BCUT2D eigenvalue weighted by atomic mass is 16.5. The first kappa shape index (κ1) is 18.7. The summed E-state index contributed by atoms with van der Waals surface area (Å²) >= 11 is 0. The van der Waals surface area contributed by atoms with Crippen molar-refractivity contribution in [2.75, 3.05) is 10.6 Å². The lowest BCUT2D eigenvalue weighted by molar-refractivity contribution is -0.129. The lowest BCUT2D eigenvalue weighted by atomic mass is 9.79. The van der Waals surface area contributed by atoms with Gasteiger partial charge in [-0.2, -0.15) is 0 Å². The normalized spacial score (nSPS) is 24.2. The predicted octanol–water partition coefficient (Wildman–Crippen LogP) is 4.73. The molecular formula is C21H30N2O3. The maximum atomic E-state index is 12.7. The molecule has 0 saturated heterocycles. The Bertz CT molecular complexity index is 676. The minimum Gasteiger partial charge on any atom is -0.476 e. The molecule has 26 heavy (non-hydrogen) atoms. The smallest absolute Gasteiger partial charge is 0.268 e. The monoisotopic (exact) mass is 358 g/mol. The Balaban J connectivity index is 1.64. The van der Waals surface area contributed by atoms with E-state index in [-0.39, 0.29) is 17.7 Å². The fraction of sp³-hybridized carbons (Fsp3) is 0.619. The highest BCUT2D eigenvalue weighted by Crippen LogP contribution is 2.40. The topological polar surface area (TPSA) is 67.4 Å². The number of rotatable bonds is 5. The van der Waals surface area contributed by atoms with Gasteiger partial charge in [0.2, 0.25) is 5.91 Å². The van der Waals surface area contributed by atoms with Crippen molar-refractivity contribution in [2.45, 2.75) is 71.3 Å². The van der Waals surface area contributed by atoms with Gasteiger partial charge in [0.05, 0.1) is 5.69 Å². The van der Waals surface area contributed by atoms with Gasteiger partial charge in [-0.15, -0.1) is 0 Å². The van der Waals surface area contributed by atoms with Crippen LogP contribution in [0.15, 0.2) is 18.2 Å². The number of anilines is 2. The summed E-state index contributed by atoms with van der Waals surface area (Å²) in [6.07, 6.45) is 7.99. The Morgan fingerprint density at radius 1 is 1.27 bits per heavy atom. The Labute approximate surface area is 155 Å². The second-order valence-corrected chi connectivity index (χ2v) is 8.09. The van der Waals surface area contributed by atoms with Crippen LogP contribution in [0.25, 0.3) is 0 Å². The summed E-state index contributed by atoms with van der Waals surface area (Å²) in [7, 11) is 0. The first-order valence-corrected chi connectivity index (χ1v) is 9.85. The Morgan fingerprint density at radius 2 is 2.00 bits per heavy atom. The van der Waals surface area contributed by atoms with Crippen molar-refractivity contribution in [1.82, 2.24) is 0 Å². The summed E-state index contributed by atoms with van der Waals surface area (Å²) in [5.41, 5.74) is 0.262. The summed E-state index contributed by atoms with van der Waals surface area (Å²) in [5, 5.41) is 5.89. The molecular weight excluding hydrogens is 328 g/mol. The van der Waals surface area contributed by atoms with Crippen molar-refractivity contribution in [3.63, 3.8) is 0 Å². The molecule has 2 N–H and O–H groups in total.